The highest BCUT2D eigenvalue weighted by molar-refractivity contribution is 4.86. The molecular formula is C10H22N2. The summed E-state index contributed by atoms with van der Waals surface area (Å²) >= 11 is 0. The molecule has 2 atom stereocenters. The Bertz CT molecular complexity index is 137. The molecule has 3 N–H and O–H groups in total. The first-order chi connectivity index (χ1) is 5.55. The molecular weight excluding hydrogens is 148 g/mol. The summed E-state index contributed by atoms with van der Waals surface area (Å²) in [5.74, 6) is 6.29. The van der Waals surface area contributed by atoms with E-state index < -0.39 is 0 Å². The molecule has 0 heterocycles. The van der Waals surface area contributed by atoms with Crippen LogP contribution in [-0.2, 0) is 0 Å². The molecule has 0 aliphatic heterocycles. The Morgan fingerprint density at radius 1 is 1.17 bits per heavy atom. The molecule has 0 amide bonds. The highest BCUT2D eigenvalue weighted by atomic mass is 15.2. The quantitative estimate of drug-likeness (QED) is 0.467. The van der Waals surface area contributed by atoms with Crippen molar-refractivity contribution in [2.75, 3.05) is 0 Å². The number of nitrogens with two attached hydrogens (primary N) is 1. The highest BCUT2D eigenvalue weighted by Crippen LogP contribution is 2.37. The van der Waals surface area contributed by atoms with Crippen LogP contribution in [-0.4, -0.2) is 6.04 Å². The van der Waals surface area contributed by atoms with E-state index in [2.05, 4.69) is 26.2 Å². The van der Waals surface area contributed by atoms with Crippen molar-refractivity contribution in [2.24, 2.45) is 17.2 Å². The average Bonchev–Trinajstić information content (AvgIpc) is 2.03. The zero-order valence-electron chi connectivity index (χ0n) is 8.56. The van der Waals surface area contributed by atoms with Gasteiger partial charge in [0.1, 0.15) is 0 Å². The molecule has 0 unspecified atom stereocenters. The van der Waals surface area contributed by atoms with Crippen molar-refractivity contribution in [1.82, 2.24) is 5.43 Å². The summed E-state index contributed by atoms with van der Waals surface area (Å²) < 4.78 is 0. The van der Waals surface area contributed by atoms with E-state index in [9.17, 15) is 0 Å². The first-order valence-corrected chi connectivity index (χ1v) is 5.02. The highest BCUT2D eigenvalue weighted by Gasteiger charge is 2.33. The molecule has 0 bridgehead atoms. The molecule has 0 aromatic rings. The second-order valence-electron chi connectivity index (χ2n) is 5.03. The molecule has 1 aliphatic carbocycles. The minimum absolute atomic E-state index is 0.400. The smallest absolute Gasteiger partial charge is 0.0243 e. The zero-order chi connectivity index (χ0) is 9.19. The van der Waals surface area contributed by atoms with Crippen LogP contribution in [0.3, 0.4) is 0 Å². The van der Waals surface area contributed by atoms with E-state index in [-0.39, 0.29) is 0 Å². The normalized spacial score (nSPS) is 32.0. The van der Waals surface area contributed by atoms with Crippen LogP contribution in [0.15, 0.2) is 0 Å². The van der Waals surface area contributed by atoms with Crippen molar-refractivity contribution < 1.29 is 0 Å². The van der Waals surface area contributed by atoms with Gasteiger partial charge < -0.3 is 0 Å². The van der Waals surface area contributed by atoms with E-state index in [4.69, 9.17) is 5.84 Å². The molecule has 0 aromatic heterocycles. The van der Waals surface area contributed by atoms with Crippen LogP contribution in [0, 0.1) is 11.3 Å². The molecule has 0 spiro atoms. The summed E-state index contributed by atoms with van der Waals surface area (Å²) in [6.45, 7) is 6.94. The van der Waals surface area contributed by atoms with Gasteiger partial charge >= 0.3 is 0 Å². The second kappa shape index (κ2) is 3.75. The van der Waals surface area contributed by atoms with E-state index >= 15 is 0 Å². The SMILES string of the molecule is CC(C)(C)[C@@H]1CCCC[C@H]1NN. The van der Waals surface area contributed by atoms with Gasteiger partial charge in [-0.15, -0.1) is 0 Å². The summed E-state index contributed by atoms with van der Waals surface area (Å²) in [5, 5.41) is 0. The molecule has 0 aromatic carbocycles. The Hall–Kier alpha value is -0.0800. The minimum atomic E-state index is 0.400. The van der Waals surface area contributed by atoms with Crippen LogP contribution < -0.4 is 11.3 Å². The maximum Gasteiger partial charge on any atom is 0.0243 e. The lowest BCUT2D eigenvalue weighted by Crippen LogP contribution is -2.47. The zero-order valence-corrected chi connectivity index (χ0v) is 8.56. The molecule has 0 saturated heterocycles. The summed E-state index contributed by atoms with van der Waals surface area (Å²) in [7, 11) is 0. The van der Waals surface area contributed by atoms with Gasteiger partial charge in [0.25, 0.3) is 0 Å². The fourth-order valence-electron chi connectivity index (χ4n) is 2.37. The first kappa shape index (κ1) is 10.0. The standard InChI is InChI=1S/C10H22N2/c1-10(2,3)8-6-4-5-7-9(8)12-11/h8-9,12H,4-7,11H2,1-3H3/t8-,9-/m1/s1. The molecule has 1 rings (SSSR count). The average molecular weight is 170 g/mol. The maximum atomic E-state index is 5.54. The van der Waals surface area contributed by atoms with Crippen LogP contribution in [0.2, 0.25) is 0 Å². The summed E-state index contributed by atoms with van der Waals surface area (Å²) in [5.41, 5.74) is 3.36. The van der Waals surface area contributed by atoms with Crippen LogP contribution in [0.1, 0.15) is 46.5 Å². The van der Waals surface area contributed by atoms with Crippen LogP contribution >= 0.6 is 0 Å². The van der Waals surface area contributed by atoms with Crippen LogP contribution in [0.4, 0.5) is 0 Å². The third-order valence-corrected chi connectivity index (χ3v) is 3.09. The lowest BCUT2D eigenvalue weighted by Gasteiger charge is -2.40. The van der Waals surface area contributed by atoms with Crippen LogP contribution in [0.5, 0.6) is 0 Å². The van der Waals surface area contributed by atoms with Gasteiger partial charge in [-0.2, -0.15) is 0 Å². The van der Waals surface area contributed by atoms with Crippen molar-refractivity contribution in [3.63, 3.8) is 0 Å². The summed E-state index contributed by atoms with van der Waals surface area (Å²) in [6.07, 6.45) is 5.29. The fraction of sp³-hybridized carbons (Fsp3) is 1.00. The van der Waals surface area contributed by atoms with E-state index in [1.54, 1.807) is 0 Å². The van der Waals surface area contributed by atoms with E-state index in [1.165, 1.54) is 25.7 Å². The molecule has 1 saturated carbocycles. The Morgan fingerprint density at radius 2 is 1.75 bits per heavy atom. The van der Waals surface area contributed by atoms with Crippen molar-refractivity contribution in [3.05, 3.63) is 0 Å². The van der Waals surface area contributed by atoms with Gasteiger partial charge in [0, 0.05) is 6.04 Å². The molecule has 12 heavy (non-hydrogen) atoms. The molecule has 2 heteroatoms. The Labute approximate surface area is 75.9 Å². The van der Waals surface area contributed by atoms with Crippen molar-refractivity contribution in [3.8, 4) is 0 Å². The van der Waals surface area contributed by atoms with Gasteiger partial charge in [0.2, 0.25) is 0 Å². The molecule has 2 nitrogen and oxygen atoms in total. The van der Waals surface area contributed by atoms with Gasteiger partial charge in [-0.1, -0.05) is 33.6 Å². The number of nitrogens with one attached hydrogen (secondary N) is 1. The molecule has 72 valence electrons. The van der Waals surface area contributed by atoms with Gasteiger partial charge in [0.05, 0.1) is 0 Å². The van der Waals surface area contributed by atoms with Gasteiger partial charge in [-0.25, -0.2) is 0 Å². The number of hydrogen-bond acceptors (Lipinski definition) is 2. The molecule has 1 aliphatic rings. The minimum Gasteiger partial charge on any atom is -0.271 e. The monoisotopic (exact) mass is 170 g/mol. The van der Waals surface area contributed by atoms with Gasteiger partial charge in [-0.3, -0.25) is 11.3 Å². The Kier molecular flexibility index (Phi) is 3.13. The largest absolute Gasteiger partial charge is 0.271 e. The second-order valence-corrected chi connectivity index (χ2v) is 5.03. The summed E-state index contributed by atoms with van der Waals surface area (Å²) in [6, 6.07) is 0.541. The van der Waals surface area contributed by atoms with E-state index in [0.717, 1.165) is 5.92 Å². The first-order valence-electron chi connectivity index (χ1n) is 5.02. The number of hydrazine groups is 1. The van der Waals surface area contributed by atoms with Crippen LogP contribution in [0.25, 0.3) is 0 Å². The van der Waals surface area contributed by atoms with E-state index in [1.807, 2.05) is 0 Å². The predicted molar refractivity (Wildman–Crippen MR) is 52.5 cm³/mol. The van der Waals surface area contributed by atoms with Crippen molar-refractivity contribution >= 4 is 0 Å². The predicted octanol–water partition coefficient (Wildman–Crippen LogP) is 2.05. The van der Waals surface area contributed by atoms with Gasteiger partial charge in [0.15, 0.2) is 0 Å². The van der Waals surface area contributed by atoms with Crippen molar-refractivity contribution in [1.29, 1.82) is 0 Å². The number of rotatable bonds is 1. The van der Waals surface area contributed by atoms with Gasteiger partial charge in [-0.05, 0) is 24.2 Å². The Balaban J connectivity index is 2.59. The lowest BCUT2D eigenvalue weighted by atomic mass is 9.70. The van der Waals surface area contributed by atoms with Crippen molar-refractivity contribution in [2.45, 2.75) is 52.5 Å². The van der Waals surface area contributed by atoms with E-state index in [0.29, 0.717) is 11.5 Å². The fourth-order valence-corrected chi connectivity index (χ4v) is 2.37. The summed E-state index contributed by atoms with van der Waals surface area (Å²) in [4.78, 5) is 0. The molecule has 1 fully saturated rings. The topological polar surface area (TPSA) is 38.0 Å². The third kappa shape index (κ3) is 2.20. The third-order valence-electron chi connectivity index (χ3n) is 3.09. The molecule has 0 radical (unpaired) electrons. The number of hydrogen-bond donors (Lipinski definition) is 2. The Morgan fingerprint density at radius 3 is 2.17 bits per heavy atom. The lowest BCUT2D eigenvalue weighted by molar-refractivity contribution is 0.131. The maximum absolute atomic E-state index is 5.54.